The van der Waals surface area contributed by atoms with Gasteiger partial charge < -0.3 is 4.74 Å². The summed E-state index contributed by atoms with van der Waals surface area (Å²) >= 11 is 1.64. The number of ether oxygens (including phenoxy) is 1. The second-order valence-corrected chi connectivity index (χ2v) is 3.98. The zero-order valence-electron chi connectivity index (χ0n) is 6.77. The number of carbonyl (C=O) groups excluding carboxylic acids is 1. The van der Waals surface area contributed by atoms with Crippen LogP contribution in [0.4, 0.5) is 4.79 Å². The van der Waals surface area contributed by atoms with Gasteiger partial charge in [0.15, 0.2) is 0 Å². The molecule has 0 aromatic heterocycles. The van der Waals surface area contributed by atoms with Crippen LogP contribution in [-0.2, 0) is 4.74 Å². The standard InChI is InChI=1S/C7H13IO2/c1-5(2)7(3,4)10-6(8)9/h5H,1-4H3. The Bertz CT molecular complexity index is 130. The van der Waals surface area contributed by atoms with Crippen LogP contribution in [0.15, 0.2) is 0 Å². The molecule has 0 fully saturated rings. The lowest BCUT2D eigenvalue weighted by molar-refractivity contribution is 0.0234. The van der Waals surface area contributed by atoms with Crippen molar-refractivity contribution in [3.8, 4) is 0 Å². The summed E-state index contributed by atoms with van der Waals surface area (Å²) in [4.78, 5) is 10.5. The van der Waals surface area contributed by atoms with E-state index in [1.54, 1.807) is 22.6 Å². The van der Waals surface area contributed by atoms with Crippen molar-refractivity contribution in [1.82, 2.24) is 0 Å². The third-order valence-corrected chi connectivity index (χ3v) is 1.95. The van der Waals surface area contributed by atoms with Gasteiger partial charge >= 0.3 is 3.98 Å². The van der Waals surface area contributed by atoms with Crippen molar-refractivity contribution in [3.05, 3.63) is 0 Å². The van der Waals surface area contributed by atoms with Gasteiger partial charge in [-0.3, -0.25) is 0 Å². The fourth-order valence-corrected chi connectivity index (χ4v) is 0.892. The summed E-state index contributed by atoms with van der Waals surface area (Å²) in [6.07, 6.45) is 0. The molecular weight excluding hydrogens is 243 g/mol. The third kappa shape index (κ3) is 3.39. The Balaban J connectivity index is 3.99. The smallest absolute Gasteiger partial charge is 0.367 e. The van der Waals surface area contributed by atoms with Crippen LogP contribution in [0.25, 0.3) is 0 Å². The molecule has 0 saturated heterocycles. The predicted molar refractivity (Wildman–Crippen MR) is 49.4 cm³/mol. The van der Waals surface area contributed by atoms with E-state index in [2.05, 4.69) is 0 Å². The van der Waals surface area contributed by atoms with Gasteiger partial charge in [-0.1, -0.05) is 13.8 Å². The third-order valence-electron chi connectivity index (χ3n) is 1.73. The average Bonchev–Trinajstić information content (AvgIpc) is 1.60. The highest BCUT2D eigenvalue weighted by atomic mass is 127. The van der Waals surface area contributed by atoms with Gasteiger partial charge in [-0.15, -0.1) is 0 Å². The maximum atomic E-state index is 10.5. The van der Waals surface area contributed by atoms with Gasteiger partial charge in [0.05, 0.1) is 22.6 Å². The molecule has 0 aromatic carbocycles. The van der Waals surface area contributed by atoms with E-state index in [4.69, 9.17) is 4.74 Å². The second kappa shape index (κ2) is 3.55. The molecule has 0 radical (unpaired) electrons. The highest BCUT2D eigenvalue weighted by molar-refractivity contribution is 14.1. The first kappa shape index (κ1) is 10.2. The van der Waals surface area contributed by atoms with Crippen LogP contribution in [0.3, 0.4) is 0 Å². The lowest BCUT2D eigenvalue weighted by Gasteiger charge is -2.27. The highest BCUT2D eigenvalue weighted by Gasteiger charge is 2.25. The summed E-state index contributed by atoms with van der Waals surface area (Å²) in [5.74, 6) is 0.353. The molecule has 0 aromatic rings. The van der Waals surface area contributed by atoms with Crippen molar-refractivity contribution in [3.63, 3.8) is 0 Å². The van der Waals surface area contributed by atoms with Crippen LogP contribution >= 0.6 is 22.6 Å². The van der Waals surface area contributed by atoms with Crippen molar-refractivity contribution in [1.29, 1.82) is 0 Å². The zero-order valence-corrected chi connectivity index (χ0v) is 8.93. The molecule has 0 unspecified atom stereocenters. The topological polar surface area (TPSA) is 26.3 Å². The van der Waals surface area contributed by atoms with Gasteiger partial charge in [0.1, 0.15) is 5.60 Å². The zero-order chi connectivity index (χ0) is 8.36. The first-order valence-corrected chi connectivity index (χ1v) is 4.32. The molecule has 0 amide bonds. The fourth-order valence-electron chi connectivity index (χ4n) is 0.325. The molecule has 0 bridgehead atoms. The summed E-state index contributed by atoms with van der Waals surface area (Å²) in [7, 11) is 0. The van der Waals surface area contributed by atoms with Crippen LogP contribution < -0.4 is 0 Å². The van der Waals surface area contributed by atoms with Gasteiger partial charge in [-0.25, -0.2) is 4.79 Å². The Hall–Kier alpha value is 0.200. The van der Waals surface area contributed by atoms with E-state index in [-0.39, 0.29) is 9.58 Å². The molecule has 0 spiro atoms. The van der Waals surface area contributed by atoms with Gasteiger partial charge in [0.2, 0.25) is 0 Å². The van der Waals surface area contributed by atoms with E-state index in [1.807, 2.05) is 27.7 Å². The number of carbonyl (C=O) groups is 1. The normalized spacial score (nSPS) is 11.8. The average molecular weight is 256 g/mol. The molecule has 0 heterocycles. The Labute approximate surface area is 75.5 Å². The summed E-state index contributed by atoms with van der Waals surface area (Å²) in [5.41, 5.74) is -0.335. The largest absolute Gasteiger partial charge is 0.452 e. The van der Waals surface area contributed by atoms with E-state index in [0.29, 0.717) is 5.92 Å². The first-order chi connectivity index (χ1) is 4.36. The van der Waals surface area contributed by atoms with Crippen LogP contribution in [0, 0.1) is 5.92 Å². The summed E-state index contributed by atoms with van der Waals surface area (Å²) in [6.45, 7) is 7.88. The van der Waals surface area contributed by atoms with Crippen LogP contribution in [0.2, 0.25) is 0 Å². The maximum Gasteiger partial charge on any atom is 0.367 e. The molecule has 2 nitrogen and oxygen atoms in total. The second-order valence-electron chi connectivity index (χ2n) is 3.10. The van der Waals surface area contributed by atoms with E-state index < -0.39 is 0 Å². The number of rotatable bonds is 2. The van der Waals surface area contributed by atoms with Gasteiger partial charge in [0.25, 0.3) is 0 Å². The molecule has 10 heavy (non-hydrogen) atoms. The van der Waals surface area contributed by atoms with Crippen molar-refractivity contribution < 1.29 is 9.53 Å². The Morgan fingerprint density at radius 2 is 1.90 bits per heavy atom. The van der Waals surface area contributed by atoms with E-state index in [9.17, 15) is 4.79 Å². The van der Waals surface area contributed by atoms with E-state index in [0.717, 1.165) is 0 Å². The van der Waals surface area contributed by atoms with E-state index >= 15 is 0 Å². The molecule has 0 aliphatic heterocycles. The molecule has 0 atom stereocenters. The van der Waals surface area contributed by atoms with Crippen LogP contribution in [0.5, 0.6) is 0 Å². The maximum absolute atomic E-state index is 10.5. The van der Waals surface area contributed by atoms with Crippen molar-refractivity contribution in [2.24, 2.45) is 5.92 Å². The molecule has 60 valence electrons. The molecule has 0 aliphatic carbocycles. The first-order valence-electron chi connectivity index (χ1n) is 3.24. The minimum absolute atomic E-state index is 0.240. The van der Waals surface area contributed by atoms with Gasteiger partial charge in [-0.05, 0) is 19.8 Å². The minimum Gasteiger partial charge on any atom is -0.452 e. The van der Waals surface area contributed by atoms with Crippen molar-refractivity contribution in [2.45, 2.75) is 33.3 Å². The molecule has 0 rings (SSSR count). The summed E-state index contributed by atoms with van der Waals surface area (Å²) < 4.78 is 4.81. The van der Waals surface area contributed by atoms with Gasteiger partial charge in [-0.2, -0.15) is 0 Å². The number of hydrogen-bond acceptors (Lipinski definition) is 2. The van der Waals surface area contributed by atoms with Crippen molar-refractivity contribution in [2.75, 3.05) is 0 Å². The minimum atomic E-state index is -0.335. The quantitative estimate of drug-likeness (QED) is 0.560. The fraction of sp³-hybridized carbons (Fsp3) is 0.857. The number of hydrogen-bond donors (Lipinski definition) is 0. The van der Waals surface area contributed by atoms with Crippen LogP contribution in [0.1, 0.15) is 27.7 Å². The molecule has 0 aliphatic rings. The molecular formula is C7H13IO2. The Morgan fingerprint density at radius 3 is 2.00 bits per heavy atom. The van der Waals surface area contributed by atoms with Crippen molar-refractivity contribution >= 4 is 26.6 Å². The summed E-state index contributed by atoms with van der Waals surface area (Å²) in [6, 6.07) is 0. The highest BCUT2D eigenvalue weighted by Crippen LogP contribution is 2.21. The summed E-state index contributed by atoms with van der Waals surface area (Å²) in [5, 5.41) is 0. The van der Waals surface area contributed by atoms with E-state index in [1.165, 1.54) is 0 Å². The SMILES string of the molecule is CC(C)C(C)(C)OC(=O)I. The Kier molecular flexibility index (Phi) is 3.62. The molecule has 3 heteroatoms. The predicted octanol–water partition coefficient (Wildman–Crippen LogP) is 2.99. The lowest BCUT2D eigenvalue weighted by Crippen LogP contribution is -2.31. The van der Waals surface area contributed by atoms with Crippen LogP contribution in [-0.4, -0.2) is 9.58 Å². The lowest BCUT2D eigenvalue weighted by atomic mass is 9.95. The monoisotopic (exact) mass is 256 g/mol. The molecule has 0 saturated carbocycles. The number of halogens is 1. The Morgan fingerprint density at radius 1 is 1.50 bits per heavy atom. The molecule has 0 N–H and O–H groups in total. The van der Waals surface area contributed by atoms with Gasteiger partial charge in [0, 0.05) is 0 Å².